The molecule has 2 saturated carbocycles. The van der Waals surface area contributed by atoms with Crippen molar-refractivity contribution in [1.29, 1.82) is 0 Å². The van der Waals surface area contributed by atoms with Gasteiger partial charge in [-0.25, -0.2) is 9.78 Å². The van der Waals surface area contributed by atoms with Crippen LogP contribution in [0.3, 0.4) is 0 Å². The summed E-state index contributed by atoms with van der Waals surface area (Å²) in [6, 6.07) is 0. The molecule has 8 atom stereocenters. The molecule has 2 bridgehead atoms. The molecule has 2 unspecified atom stereocenters. The van der Waals surface area contributed by atoms with Crippen LogP contribution >= 0.6 is 11.3 Å². The van der Waals surface area contributed by atoms with Crippen molar-refractivity contribution in [2.24, 2.45) is 34.5 Å². The molecule has 0 amide bonds. The van der Waals surface area contributed by atoms with Gasteiger partial charge in [-0.15, -0.1) is 11.3 Å². The van der Waals surface area contributed by atoms with E-state index in [9.17, 15) is 24.9 Å². The van der Waals surface area contributed by atoms with Crippen molar-refractivity contribution < 1.29 is 29.6 Å². The van der Waals surface area contributed by atoms with E-state index in [2.05, 4.69) is 18.8 Å². The van der Waals surface area contributed by atoms with Crippen LogP contribution < -0.4 is 0 Å². The minimum absolute atomic E-state index is 0.0463. The van der Waals surface area contributed by atoms with Crippen molar-refractivity contribution in [3.05, 3.63) is 46.3 Å². The van der Waals surface area contributed by atoms with E-state index in [4.69, 9.17) is 4.74 Å². The van der Waals surface area contributed by atoms with E-state index in [0.717, 1.165) is 0 Å². The lowest BCUT2D eigenvalue weighted by Crippen LogP contribution is -2.65. The van der Waals surface area contributed by atoms with Gasteiger partial charge in [0.15, 0.2) is 28.1 Å². The molecule has 4 aliphatic carbocycles. The number of aryl methyl sites for hydroxylation is 1. The monoisotopic (exact) mass is 512 g/mol. The standard InChI is InChI=1S/C27H32N2O6S/c1-12-10-26-13(2)8-17-18(25(17,4)5)16(21(26)32)9-15(11-30)20(31)27(26,34)22(12)35-23(33)19-14(3)28-24-29(19)6-7-36-24/h6-7,9-10,13,16-18,20,22,30-31,34H,8,11H2,1-5H3/t13?,16-,17+,18-,20+,22-,26?,27-/m0/s1. The molecule has 36 heavy (non-hydrogen) atoms. The molecule has 2 heterocycles. The maximum Gasteiger partial charge on any atom is 0.358 e. The van der Waals surface area contributed by atoms with Crippen LogP contribution in [0.2, 0.25) is 0 Å². The third-order valence-corrected chi connectivity index (χ3v) is 10.5. The summed E-state index contributed by atoms with van der Waals surface area (Å²) in [4.78, 5) is 33.0. The Hall–Kier alpha value is -2.33. The quantitative estimate of drug-likeness (QED) is 0.427. The average molecular weight is 513 g/mol. The number of aliphatic hydroxyl groups is 3. The highest BCUT2D eigenvalue weighted by molar-refractivity contribution is 7.15. The fraction of sp³-hybridized carbons (Fsp3) is 0.593. The summed E-state index contributed by atoms with van der Waals surface area (Å²) in [6.45, 7) is 9.18. The first kappa shape index (κ1) is 24.0. The van der Waals surface area contributed by atoms with Gasteiger partial charge < -0.3 is 20.1 Å². The Morgan fingerprint density at radius 1 is 1.33 bits per heavy atom. The van der Waals surface area contributed by atoms with Crippen LogP contribution in [0.1, 0.15) is 50.3 Å². The molecule has 3 N–H and O–H groups in total. The third kappa shape index (κ3) is 2.67. The van der Waals surface area contributed by atoms with E-state index < -0.39 is 41.7 Å². The Kier molecular flexibility index (Phi) is 4.92. The van der Waals surface area contributed by atoms with Crippen molar-refractivity contribution in [3.8, 4) is 0 Å². The number of hydrogen-bond donors (Lipinski definition) is 3. The summed E-state index contributed by atoms with van der Waals surface area (Å²) in [5.41, 5.74) is -2.21. The molecule has 8 nitrogen and oxygen atoms in total. The van der Waals surface area contributed by atoms with Crippen molar-refractivity contribution in [3.63, 3.8) is 0 Å². The van der Waals surface area contributed by atoms with Gasteiger partial charge >= 0.3 is 5.97 Å². The van der Waals surface area contributed by atoms with E-state index in [1.165, 1.54) is 11.3 Å². The zero-order valence-electron chi connectivity index (χ0n) is 21.1. The number of esters is 1. The molecule has 2 aromatic rings. The lowest BCUT2D eigenvalue weighted by molar-refractivity contribution is -0.190. The first-order valence-electron chi connectivity index (χ1n) is 12.5. The molecule has 192 valence electrons. The SMILES string of the molecule is CC1=CC23C(=O)[C@@H](C=C(CO)[C@@H](O)[C@]2(O)[C@H]1OC(=O)c1c(C)nc2sccn12)[C@H]1[C@@H](CC3C)C1(C)C. The second-order valence-electron chi connectivity index (χ2n) is 11.8. The van der Waals surface area contributed by atoms with Gasteiger partial charge in [-0.2, -0.15) is 0 Å². The van der Waals surface area contributed by atoms with Crippen LogP contribution in [-0.2, 0) is 9.53 Å². The Labute approximate surface area is 213 Å². The summed E-state index contributed by atoms with van der Waals surface area (Å²) in [7, 11) is 0. The fourth-order valence-electron chi connectivity index (χ4n) is 7.90. The van der Waals surface area contributed by atoms with Gasteiger partial charge in [-0.3, -0.25) is 9.20 Å². The lowest BCUT2D eigenvalue weighted by atomic mass is 9.59. The number of thiazole rings is 1. The van der Waals surface area contributed by atoms with Crippen molar-refractivity contribution in [2.45, 2.75) is 58.8 Å². The van der Waals surface area contributed by atoms with Gasteiger partial charge in [-0.1, -0.05) is 32.9 Å². The summed E-state index contributed by atoms with van der Waals surface area (Å²) in [6.07, 6.45) is 2.99. The Morgan fingerprint density at radius 3 is 2.75 bits per heavy atom. The average Bonchev–Trinajstić information content (AvgIpc) is 3.13. The number of rotatable bonds is 3. The lowest BCUT2D eigenvalue weighted by Gasteiger charge is -2.48. The number of Topliss-reactive ketones (excluding diaryl/α,β-unsaturated/α-hetero) is 1. The smallest absolute Gasteiger partial charge is 0.358 e. The van der Waals surface area contributed by atoms with Crippen molar-refractivity contribution in [1.82, 2.24) is 9.38 Å². The fourth-order valence-corrected chi connectivity index (χ4v) is 8.66. The first-order chi connectivity index (χ1) is 16.9. The highest BCUT2D eigenvalue weighted by Crippen LogP contribution is 2.71. The molecule has 6 rings (SSSR count). The number of nitrogens with zero attached hydrogens (tertiary/aromatic N) is 2. The number of ketones is 1. The van der Waals surface area contributed by atoms with Gasteiger partial charge in [0.25, 0.3) is 0 Å². The minimum atomic E-state index is -2.15. The van der Waals surface area contributed by atoms with Crippen LogP contribution in [-0.4, -0.2) is 60.9 Å². The number of aliphatic hydroxyl groups excluding tert-OH is 2. The van der Waals surface area contributed by atoms with Gasteiger partial charge in [0.05, 0.1) is 17.7 Å². The van der Waals surface area contributed by atoms with Crippen LogP contribution in [0.25, 0.3) is 4.96 Å². The maximum atomic E-state index is 14.4. The molecular weight excluding hydrogens is 480 g/mol. The van der Waals surface area contributed by atoms with Crippen molar-refractivity contribution >= 4 is 28.1 Å². The number of hydrogen-bond acceptors (Lipinski definition) is 8. The van der Waals surface area contributed by atoms with Gasteiger partial charge in [0.1, 0.15) is 6.10 Å². The minimum Gasteiger partial charge on any atom is -0.450 e. The maximum absolute atomic E-state index is 14.4. The number of carbonyl (C=O) groups is 2. The van der Waals surface area contributed by atoms with E-state index in [0.29, 0.717) is 22.6 Å². The van der Waals surface area contributed by atoms with Crippen LogP contribution in [0.15, 0.2) is 34.9 Å². The number of carbonyl (C=O) groups excluding carboxylic acids is 2. The molecular formula is C27H32N2O6S. The zero-order valence-corrected chi connectivity index (χ0v) is 21.9. The van der Waals surface area contributed by atoms with Crippen molar-refractivity contribution in [2.75, 3.05) is 6.61 Å². The number of allylic oxidation sites excluding steroid dienone is 1. The zero-order chi connectivity index (χ0) is 25.9. The highest BCUT2D eigenvalue weighted by atomic mass is 32.1. The second-order valence-corrected chi connectivity index (χ2v) is 12.6. The summed E-state index contributed by atoms with van der Waals surface area (Å²) >= 11 is 1.39. The normalized spacial score (nSPS) is 40.6. The van der Waals surface area contributed by atoms with Crippen LogP contribution in [0, 0.1) is 41.4 Å². The Bertz CT molecular complexity index is 1370. The number of fused-ring (bicyclic) bond motifs is 4. The third-order valence-electron chi connectivity index (χ3n) is 9.75. The van der Waals surface area contributed by atoms with Gasteiger partial charge in [0, 0.05) is 17.5 Å². The number of imidazole rings is 1. The molecule has 0 saturated heterocycles. The van der Waals surface area contributed by atoms with E-state index in [1.54, 1.807) is 36.6 Å². The Morgan fingerprint density at radius 2 is 2.06 bits per heavy atom. The molecule has 2 fully saturated rings. The first-order valence-corrected chi connectivity index (χ1v) is 13.4. The summed E-state index contributed by atoms with van der Waals surface area (Å²) < 4.78 is 7.63. The summed E-state index contributed by atoms with van der Waals surface area (Å²) in [5.74, 6) is -1.36. The summed E-state index contributed by atoms with van der Waals surface area (Å²) in [5, 5.41) is 36.2. The predicted molar refractivity (Wildman–Crippen MR) is 132 cm³/mol. The predicted octanol–water partition coefficient (Wildman–Crippen LogP) is 2.70. The highest BCUT2D eigenvalue weighted by Gasteiger charge is 2.76. The van der Waals surface area contributed by atoms with Crippen LogP contribution in [0.4, 0.5) is 0 Å². The van der Waals surface area contributed by atoms with Crippen LogP contribution in [0.5, 0.6) is 0 Å². The Balaban J connectivity index is 1.48. The molecule has 1 spiro atoms. The molecule has 0 aliphatic heterocycles. The topological polar surface area (TPSA) is 121 Å². The second kappa shape index (κ2) is 7.37. The molecule has 4 aliphatic rings. The molecule has 2 aromatic heterocycles. The van der Waals surface area contributed by atoms with Gasteiger partial charge in [-0.05, 0) is 54.6 Å². The largest absolute Gasteiger partial charge is 0.450 e. The van der Waals surface area contributed by atoms with E-state index in [1.807, 2.05) is 12.3 Å². The van der Waals surface area contributed by atoms with E-state index in [-0.39, 0.29) is 40.2 Å². The molecule has 0 aromatic carbocycles. The molecule has 9 heteroatoms. The number of aromatic nitrogens is 2. The molecule has 0 radical (unpaired) electrons. The van der Waals surface area contributed by atoms with E-state index >= 15 is 0 Å². The number of ether oxygens (including phenoxy) is 1. The van der Waals surface area contributed by atoms with Gasteiger partial charge in [0.2, 0.25) is 0 Å².